The lowest BCUT2D eigenvalue weighted by Crippen LogP contribution is -1.94. The van der Waals surface area contributed by atoms with Gasteiger partial charge in [0.1, 0.15) is 12.4 Å². The number of benzene rings is 2. The lowest BCUT2D eigenvalue weighted by atomic mass is 10.2. The van der Waals surface area contributed by atoms with Gasteiger partial charge in [0.15, 0.2) is 0 Å². The highest BCUT2D eigenvalue weighted by molar-refractivity contribution is 6.30. The Labute approximate surface area is 112 Å². The third-order valence-corrected chi connectivity index (χ3v) is 2.27. The second-order valence-corrected chi connectivity index (χ2v) is 3.78. The fourth-order valence-electron chi connectivity index (χ4n) is 1.31. The lowest BCUT2D eigenvalue weighted by Gasteiger charge is -2.05. The molecule has 1 radical (unpaired) electrons. The van der Waals surface area contributed by atoms with Crippen LogP contribution in [0, 0.1) is 0 Å². The van der Waals surface area contributed by atoms with Gasteiger partial charge < -0.3 is 14.8 Å². The summed E-state index contributed by atoms with van der Waals surface area (Å²) in [6, 6.07) is 17.4. The van der Waals surface area contributed by atoms with E-state index in [0.29, 0.717) is 6.61 Å². The molecule has 0 aliphatic rings. The molecule has 2 aromatic carbocycles. The van der Waals surface area contributed by atoms with Crippen LogP contribution in [0.5, 0.6) is 5.75 Å². The van der Waals surface area contributed by atoms with Gasteiger partial charge in [0.2, 0.25) is 0 Å². The second kappa shape index (κ2) is 8.58. The molecule has 0 saturated carbocycles. The number of halogens is 1. The van der Waals surface area contributed by atoms with Crippen LogP contribution in [0.3, 0.4) is 0 Å². The summed E-state index contributed by atoms with van der Waals surface area (Å²) in [4.78, 5) is 0. The van der Waals surface area contributed by atoms with Crippen molar-refractivity contribution in [1.29, 1.82) is 0 Å². The summed E-state index contributed by atoms with van der Waals surface area (Å²) in [7, 11) is 0. The van der Waals surface area contributed by atoms with Crippen molar-refractivity contribution < 1.29 is 14.8 Å². The predicted molar refractivity (Wildman–Crippen MR) is 72.4 cm³/mol. The summed E-state index contributed by atoms with van der Waals surface area (Å²) in [6.45, 7) is 0.546. The van der Waals surface area contributed by atoms with Gasteiger partial charge in [-0.15, -0.1) is 0 Å². The van der Waals surface area contributed by atoms with E-state index in [4.69, 9.17) is 26.4 Å². The molecule has 5 heteroatoms. The van der Waals surface area contributed by atoms with Gasteiger partial charge in [-0.05, 0) is 29.8 Å². The zero-order valence-electron chi connectivity index (χ0n) is 9.66. The molecule has 93 valence electrons. The summed E-state index contributed by atoms with van der Waals surface area (Å²) in [5, 5.41) is 14.7. The Balaban J connectivity index is 0.000000492. The van der Waals surface area contributed by atoms with Crippen molar-refractivity contribution in [2.24, 2.45) is 0 Å². The molecular formula is C13H13BClO3. The van der Waals surface area contributed by atoms with Crippen LogP contribution in [0.25, 0.3) is 0 Å². The fraction of sp³-hybridized carbons (Fsp3) is 0.0769. The minimum Gasteiger partial charge on any atom is -0.489 e. The molecule has 0 saturated heterocycles. The predicted octanol–water partition coefficient (Wildman–Crippen LogP) is 2.42. The molecule has 0 aliphatic carbocycles. The van der Waals surface area contributed by atoms with Gasteiger partial charge >= 0.3 is 7.69 Å². The van der Waals surface area contributed by atoms with Crippen LogP contribution in [0.4, 0.5) is 0 Å². The first-order valence-electron chi connectivity index (χ1n) is 5.28. The summed E-state index contributed by atoms with van der Waals surface area (Å²) >= 11 is 5.87. The normalized spacial score (nSPS) is 9.06. The molecule has 0 unspecified atom stereocenters. The number of rotatable bonds is 3. The van der Waals surface area contributed by atoms with Crippen LogP contribution in [0.2, 0.25) is 5.02 Å². The van der Waals surface area contributed by atoms with Gasteiger partial charge in [0.25, 0.3) is 0 Å². The van der Waals surface area contributed by atoms with Crippen molar-refractivity contribution in [2.75, 3.05) is 0 Å². The minimum absolute atomic E-state index is 0. The van der Waals surface area contributed by atoms with Crippen LogP contribution >= 0.6 is 11.6 Å². The number of hydrogen-bond acceptors (Lipinski definition) is 3. The monoisotopic (exact) mass is 263 g/mol. The van der Waals surface area contributed by atoms with Gasteiger partial charge in [-0.3, -0.25) is 0 Å². The molecule has 0 amide bonds. The molecule has 18 heavy (non-hydrogen) atoms. The fourth-order valence-corrected chi connectivity index (χ4v) is 1.52. The van der Waals surface area contributed by atoms with Crippen molar-refractivity contribution in [1.82, 2.24) is 0 Å². The summed E-state index contributed by atoms with van der Waals surface area (Å²) in [5.41, 5.74) is 1.08. The molecular weight excluding hydrogens is 250 g/mol. The third-order valence-electron chi connectivity index (χ3n) is 2.04. The Bertz CT molecular complexity index is 451. The van der Waals surface area contributed by atoms with Crippen molar-refractivity contribution >= 4 is 19.3 Å². The van der Waals surface area contributed by atoms with E-state index in [0.717, 1.165) is 16.3 Å². The first-order valence-corrected chi connectivity index (χ1v) is 5.66. The van der Waals surface area contributed by atoms with E-state index in [1.54, 1.807) is 0 Å². The Hall–Kier alpha value is -1.49. The van der Waals surface area contributed by atoms with Crippen LogP contribution in [-0.2, 0) is 6.61 Å². The average molecular weight is 264 g/mol. The molecule has 0 fully saturated rings. The van der Waals surface area contributed by atoms with E-state index >= 15 is 0 Å². The zero-order valence-corrected chi connectivity index (χ0v) is 10.4. The lowest BCUT2D eigenvalue weighted by molar-refractivity contribution is 0.306. The zero-order chi connectivity index (χ0) is 13.2. The van der Waals surface area contributed by atoms with Gasteiger partial charge in [0, 0.05) is 5.02 Å². The maximum absolute atomic E-state index is 7.00. The SMILES string of the molecule is Clc1cccc(COc2ccccc2)c1.O[B]O. The van der Waals surface area contributed by atoms with E-state index in [1.165, 1.54) is 0 Å². The van der Waals surface area contributed by atoms with Gasteiger partial charge in [-0.2, -0.15) is 0 Å². The first kappa shape index (κ1) is 14.6. The van der Waals surface area contributed by atoms with Crippen LogP contribution in [0.15, 0.2) is 54.6 Å². The Kier molecular flexibility index (Phi) is 6.95. The van der Waals surface area contributed by atoms with Crippen LogP contribution in [-0.4, -0.2) is 17.7 Å². The van der Waals surface area contributed by atoms with Gasteiger partial charge in [-0.1, -0.05) is 41.9 Å². The molecule has 2 N–H and O–H groups in total. The van der Waals surface area contributed by atoms with Crippen LogP contribution in [0.1, 0.15) is 5.56 Å². The molecule has 2 rings (SSSR count). The van der Waals surface area contributed by atoms with E-state index in [2.05, 4.69) is 0 Å². The molecule has 0 bridgehead atoms. The second-order valence-electron chi connectivity index (χ2n) is 3.35. The van der Waals surface area contributed by atoms with Gasteiger partial charge in [-0.25, -0.2) is 0 Å². The highest BCUT2D eigenvalue weighted by atomic mass is 35.5. The first-order chi connectivity index (χ1) is 8.76. The maximum atomic E-state index is 7.00. The Morgan fingerprint density at radius 2 is 1.67 bits per heavy atom. The maximum Gasteiger partial charge on any atom is 0.482 e. The molecule has 0 spiro atoms. The summed E-state index contributed by atoms with van der Waals surface area (Å²) in [6.07, 6.45) is 0. The van der Waals surface area contributed by atoms with Gasteiger partial charge in [0.05, 0.1) is 0 Å². The summed E-state index contributed by atoms with van der Waals surface area (Å²) in [5.74, 6) is 0.873. The molecule has 0 atom stereocenters. The van der Waals surface area contributed by atoms with Crippen LogP contribution < -0.4 is 4.74 Å². The molecule has 2 aromatic rings. The molecule has 0 aromatic heterocycles. The number of para-hydroxylation sites is 1. The average Bonchev–Trinajstić information content (AvgIpc) is 2.39. The van der Waals surface area contributed by atoms with E-state index < -0.39 is 0 Å². The van der Waals surface area contributed by atoms with Crippen molar-refractivity contribution in [3.05, 3.63) is 65.2 Å². The van der Waals surface area contributed by atoms with E-state index in [9.17, 15) is 0 Å². The number of ether oxygens (including phenoxy) is 1. The molecule has 0 aliphatic heterocycles. The summed E-state index contributed by atoms with van der Waals surface area (Å²) < 4.78 is 5.59. The molecule has 3 nitrogen and oxygen atoms in total. The van der Waals surface area contributed by atoms with Crippen molar-refractivity contribution in [3.63, 3.8) is 0 Å². The molecule has 0 heterocycles. The number of hydrogen-bond donors (Lipinski definition) is 2. The topological polar surface area (TPSA) is 49.7 Å². The Morgan fingerprint density at radius 1 is 1.00 bits per heavy atom. The highest BCUT2D eigenvalue weighted by Crippen LogP contribution is 2.14. The highest BCUT2D eigenvalue weighted by Gasteiger charge is 1.95. The standard InChI is InChI=1S/C13H11ClO.BH2O2/c14-12-6-4-5-11(9-12)10-15-13-7-2-1-3-8-13;2-1-3/h1-9H,10H2;2-3H. The third kappa shape index (κ3) is 5.73. The van der Waals surface area contributed by atoms with Crippen molar-refractivity contribution in [2.45, 2.75) is 6.61 Å². The quantitative estimate of drug-likeness (QED) is 0.836. The van der Waals surface area contributed by atoms with Crippen molar-refractivity contribution in [3.8, 4) is 5.75 Å². The largest absolute Gasteiger partial charge is 0.489 e. The van der Waals surface area contributed by atoms with E-state index in [1.807, 2.05) is 54.6 Å². The van der Waals surface area contributed by atoms with E-state index in [-0.39, 0.29) is 7.69 Å². The smallest absolute Gasteiger partial charge is 0.482 e. The Morgan fingerprint density at radius 3 is 2.28 bits per heavy atom. The minimum atomic E-state index is 0.